The molecule has 0 fully saturated rings. The number of oxazole rings is 2. The molecule has 368 valence electrons. The van der Waals surface area contributed by atoms with Gasteiger partial charge >= 0.3 is 0 Å². The number of halogens is 1. The molecule has 4 heterocycles. The summed E-state index contributed by atoms with van der Waals surface area (Å²) >= 11 is 2.67. The number of hydrogen-bond acceptors (Lipinski definition) is 19. The van der Waals surface area contributed by atoms with Crippen LogP contribution in [0.2, 0.25) is 0 Å². The minimum absolute atomic E-state index is 0. The minimum atomic E-state index is -3.78. The standard InChI is InChI=1S/C22H22N4O5S2.C17H14ClNO5S.C5H9N3S.2CH4/c1-14(2)21-24-25-22(32-21)26-33(27,28)19-10-8-18(9-11-19)30-12-16-13-31-20(23-16)15-4-6-17(29-3)7-5-15;1-22-14-4-2-12(3-5-14)17-19-13(11-24-17)10-23-15-6-8-16(9-7-15)25(18,20)21;1-3(2)4-7-8-5(6)9-4;;/h4-11,13-14H,12H2,1-3H3,(H,25,26);2-9,11H,10H2,1H3;3H,1-2H3,(H2,6,8);2*1H4. The lowest BCUT2D eigenvalue weighted by molar-refractivity contribution is 0.300. The fourth-order valence-corrected chi connectivity index (χ4v) is 8.73. The van der Waals surface area contributed by atoms with E-state index in [0.717, 1.165) is 32.6 Å². The molecular formula is C46H53ClN8O10S4. The Hall–Kier alpha value is -6.59. The lowest BCUT2D eigenvalue weighted by Crippen LogP contribution is -2.12. The van der Waals surface area contributed by atoms with Crippen LogP contribution in [0.25, 0.3) is 22.9 Å². The summed E-state index contributed by atoms with van der Waals surface area (Å²) in [6.07, 6.45) is 3.03. The van der Waals surface area contributed by atoms with Crippen molar-refractivity contribution in [2.75, 3.05) is 24.7 Å². The maximum absolute atomic E-state index is 12.6. The summed E-state index contributed by atoms with van der Waals surface area (Å²) in [5.41, 5.74) is 8.22. The summed E-state index contributed by atoms with van der Waals surface area (Å²) in [7, 11) is 0.958. The van der Waals surface area contributed by atoms with E-state index in [1.54, 1.807) is 26.4 Å². The monoisotopic (exact) mass is 1040 g/mol. The molecule has 0 saturated heterocycles. The van der Waals surface area contributed by atoms with Gasteiger partial charge in [-0.1, -0.05) is 65.2 Å². The molecule has 8 rings (SSSR count). The van der Waals surface area contributed by atoms with Crippen molar-refractivity contribution in [2.24, 2.45) is 0 Å². The van der Waals surface area contributed by atoms with Crippen molar-refractivity contribution < 1.29 is 44.6 Å². The molecule has 0 saturated carbocycles. The maximum atomic E-state index is 12.6. The molecule has 0 unspecified atom stereocenters. The van der Waals surface area contributed by atoms with Gasteiger partial charge in [-0.2, -0.15) is 0 Å². The van der Waals surface area contributed by atoms with Crippen LogP contribution in [0.5, 0.6) is 23.0 Å². The number of aromatic nitrogens is 6. The number of anilines is 2. The van der Waals surface area contributed by atoms with Gasteiger partial charge < -0.3 is 33.5 Å². The third-order valence-electron chi connectivity index (χ3n) is 8.90. The summed E-state index contributed by atoms with van der Waals surface area (Å²) in [6, 6.07) is 26.6. The highest BCUT2D eigenvalue weighted by molar-refractivity contribution is 8.13. The van der Waals surface area contributed by atoms with E-state index in [2.05, 4.69) is 48.9 Å². The molecule has 4 aromatic heterocycles. The number of methoxy groups -OCH3 is 2. The Morgan fingerprint density at radius 3 is 1.36 bits per heavy atom. The van der Waals surface area contributed by atoms with Gasteiger partial charge in [0.1, 0.15) is 70.1 Å². The highest BCUT2D eigenvalue weighted by Gasteiger charge is 2.18. The Kier molecular flexibility index (Phi) is 20.0. The number of sulfonamides is 1. The normalized spacial score (nSPS) is 11.0. The predicted molar refractivity (Wildman–Crippen MR) is 268 cm³/mol. The van der Waals surface area contributed by atoms with Crippen molar-refractivity contribution in [3.63, 3.8) is 0 Å². The fraction of sp³-hybridized carbons (Fsp3) is 0.261. The second-order valence-electron chi connectivity index (χ2n) is 14.5. The zero-order valence-corrected chi connectivity index (χ0v) is 40.8. The number of nitrogens with one attached hydrogen (secondary N) is 1. The quantitative estimate of drug-likeness (QED) is 0.0854. The first kappa shape index (κ1) is 55.0. The van der Waals surface area contributed by atoms with Crippen molar-refractivity contribution in [3.8, 4) is 45.9 Å². The van der Waals surface area contributed by atoms with E-state index >= 15 is 0 Å². The maximum Gasteiger partial charge on any atom is 0.263 e. The van der Waals surface area contributed by atoms with Gasteiger partial charge in [0.2, 0.25) is 22.0 Å². The van der Waals surface area contributed by atoms with E-state index in [4.69, 9.17) is 44.2 Å². The first-order chi connectivity index (χ1) is 32.0. The SMILES string of the molecule is C.C.CC(C)c1nnc(N)s1.COc1ccc(-c2nc(COc3ccc(S(=O)(=O)Cl)cc3)co2)cc1.COc1ccc(-c2nc(COc3ccc(S(=O)(=O)Nc4nnc(C(C)C)s4)cc3)co2)cc1. The Morgan fingerprint density at radius 2 is 1.00 bits per heavy atom. The summed E-state index contributed by atoms with van der Waals surface area (Å²) in [5.74, 6) is 4.07. The molecular weight excluding hydrogens is 988 g/mol. The van der Waals surface area contributed by atoms with Gasteiger partial charge in [-0.15, -0.1) is 20.4 Å². The zero-order valence-electron chi connectivity index (χ0n) is 36.8. The first-order valence-electron chi connectivity index (χ1n) is 20.0. The Bertz CT molecular complexity index is 3030. The molecule has 3 N–H and O–H groups in total. The van der Waals surface area contributed by atoms with Crippen molar-refractivity contribution in [2.45, 2.75) is 77.4 Å². The van der Waals surface area contributed by atoms with Crippen LogP contribution in [-0.2, 0) is 32.3 Å². The van der Waals surface area contributed by atoms with Gasteiger partial charge in [-0.3, -0.25) is 4.72 Å². The molecule has 8 aromatic rings. The number of nitrogen functional groups attached to an aromatic ring is 1. The molecule has 0 bridgehead atoms. The van der Waals surface area contributed by atoms with Crippen LogP contribution in [0.3, 0.4) is 0 Å². The van der Waals surface area contributed by atoms with Crippen molar-refractivity contribution in [3.05, 3.63) is 131 Å². The number of nitrogens with zero attached hydrogens (tertiary/aromatic N) is 6. The highest BCUT2D eigenvalue weighted by atomic mass is 35.7. The van der Waals surface area contributed by atoms with Crippen LogP contribution >= 0.6 is 33.4 Å². The Morgan fingerprint density at radius 1 is 0.594 bits per heavy atom. The smallest absolute Gasteiger partial charge is 0.263 e. The molecule has 69 heavy (non-hydrogen) atoms. The molecule has 18 nitrogen and oxygen atoms in total. The molecule has 0 radical (unpaired) electrons. The summed E-state index contributed by atoms with van der Waals surface area (Å²) < 4.78 is 82.6. The van der Waals surface area contributed by atoms with Gasteiger partial charge in [0.15, 0.2) is 0 Å². The molecule has 0 spiro atoms. The summed E-state index contributed by atoms with van der Waals surface area (Å²) in [5, 5.41) is 18.0. The van der Waals surface area contributed by atoms with Crippen molar-refractivity contribution >= 4 is 62.7 Å². The zero-order chi connectivity index (χ0) is 48.1. The summed E-state index contributed by atoms with van der Waals surface area (Å²) in [6.45, 7) is 8.44. The number of benzene rings is 4. The van der Waals surface area contributed by atoms with E-state index in [1.165, 1.54) is 71.6 Å². The van der Waals surface area contributed by atoms with Crippen LogP contribution in [0.1, 0.15) is 75.8 Å². The van der Waals surface area contributed by atoms with E-state index in [9.17, 15) is 16.8 Å². The summed E-state index contributed by atoms with van der Waals surface area (Å²) in [4.78, 5) is 8.89. The largest absolute Gasteiger partial charge is 0.497 e. The number of ether oxygens (including phenoxy) is 4. The molecule has 23 heteroatoms. The minimum Gasteiger partial charge on any atom is -0.497 e. The van der Waals surface area contributed by atoms with Gasteiger partial charge in [0.05, 0.1) is 24.0 Å². The fourth-order valence-electron chi connectivity index (χ4n) is 5.37. The first-order valence-corrected chi connectivity index (χ1v) is 25.4. The number of nitrogens with two attached hydrogens (primary N) is 1. The second-order valence-corrected chi connectivity index (χ2v) is 20.8. The van der Waals surface area contributed by atoms with Gasteiger partial charge in [0.25, 0.3) is 19.1 Å². The topological polar surface area (TPSA) is 247 Å². The van der Waals surface area contributed by atoms with Crippen molar-refractivity contribution in [1.82, 2.24) is 30.4 Å². The van der Waals surface area contributed by atoms with Crippen LogP contribution in [0.4, 0.5) is 10.3 Å². The lowest BCUT2D eigenvalue weighted by Gasteiger charge is -2.07. The van der Waals surface area contributed by atoms with Crippen LogP contribution in [0.15, 0.2) is 128 Å². The Labute approximate surface area is 414 Å². The van der Waals surface area contributed by atoms with E-state index in [0.29, 0.717) is 45.7 Å². The van der Waals surface area contributed by atoms with Crippen LogP contribution < -0.4 is 29.4 Å². The molecule has 4 aromatic carbocycles. The van der Waals surface area contributed by atoms with Gasteiger partial charge in [-0.25, -0.2) is 26.8 Å². The lowest BCUT2D eigenvalue weighted by atomic mass is 10.2. The van der Waals surface area contributed by atoms with Crippen LogP contribution in [0, 0.1) is 0 Å². The van der Waals surface area contributed by atoms with Crippen molar-refractivity contribution in [1.29, 1.82) is 0 Å². The second kappa shape index (κ2) is 25.1. The average molecular weight is 1040 g/mol. The van der Waals surface area contributed by atoms with E-state index < -0.39 is 19.1 Å². The van der Waals surface area contributed by atoms with E-state index in [1.807, 2.05) is 62.4 Å². The third kappa shape index (κ3) is 16.0. The molecule has 0 aliphatic heterocycles. The van der Waals surface area contributed by atoms with Gasteiger partial charge in [0, 0.05) is 33.6 Å². The number of hydrogen-bond donors (Lipinski definition) is 2. The third-order valence-corrected chi connectivity index (χ3v) is 13.9. The Balaban J connectivity index is 0.000000254. The molecule has 0 aliphatic carbocycles. The van der Waals surface area contributed by atoms with Gasteiger partial charge in [-0.05, 0) is 97.1 Å². The predicted octanol–water partition coefficient (Wildman–Crippen LogP) is 11.1. The number of rotatable bonds is 16. The molecule has 0 amide bonds. The highest BCUT2D eigenvalue weighted by Crippen LogP contribution is 2.28. The van der Waals surface area contributed by atoms with Crippen LogP contribution in [-0.4, -0.2) is 61.4 Å². The van der Waals surface area contributed by atoms with E-state index in [-0.39, 0.29) is 48.9 Å². The molecule has 0 aliphatic rings. The average Bonchev–Trinajstić information content (AvgIpc) is 4.17. The molecule has 0 atom stereocenters.